The van der Waals surface area contributed by atoms with Crippen LogP contribution in [0.2, 0.25) is 0 Å². The summed E-state index contributed by atoms with van der Waals surface area (Å²) in [5.74, 6) is 0. The number of imidazole rings is 1. The fourth-order valence-corrected chi connectivity index (χ4v) is 3.65. The van der Waals surface area contributed by atoms with Crippen LogP contribution in [0.5, 0.6) is 0 Å². The Hall–Kier alpha value is -1.69. The number of hydrogen-bond donors (Lipinski definition) is 1. The van der Waals surface area contributed by atoms with Gasteiger partial charge in [-0.05, 0) is 47.6 Å². The van der Waals surface area contributed by atoms with Gasteiger partial charge in [0.15, 0.2) is 0 Å². The van der Waals surface area contributed by atoms with E-state index in [4.69, 9.17) is 4.98 Å². The Morgan fingerprint density at radius 3 is 2.79 bits per heavy atom. The molecule has 1 aliphatic heterocycles. The van der Waals surface area contributed by atoms with Gasteiger partial charge >= 0.3 is 0 Å². The van der Waals surface area contributed by atoms with E-state index in [0.29, 0.717) is 0 Å². The molecular weight excluding hydrogens is 364 g/mol. The highest BCUT2D eigenvalue weighted by Gasteiger charge is 2.18. The molecule has 0 aliphatic carbocycles. The molecule has 1 aromatic carbocycles. The lowest BCUT2D eigenvalue weighted by Gasteiger charge is -2.20. The molecule has 1 N–H and O–H groups in total. The summed E-state index contributed by atoms with van der Waals surface area (Å²) in [6.45, 7) is 5.29. The van der Waals surface area contributed by atoms with Crippen molar-refractivity contribution in [3.8, 4) is 11.3 Å². The molecule has 5 heteroatoms. The van der Waals surface area contributed by atoms with Gasteiger partial charge in [-0.25, -0.2) is 4.98 Å². The fraction of sp³-hybridized carbons (Fsp3) is 0.316. The molecule has 0 atom stereocenters. The lowest BCUT2D eigenvalue weighted by molar-refractivity contribution is 0.281. The van der Waals surface area contributed by atoms with Crippen LogP contribution < -0.4 is 5.32 Å². The predicted molar refractivity (Wildman–Crippen MR) is 101 cm³/mol. The topological polar surface area (TPSA) is 32.6 Å². The molecule has 3 aromatic rings. The number of aromatic nitrogens is 2. The van der Waals surface area contributed by atoms with E-state index in [-0.39, 0.29) is 0 Å². The largest absolute Gasteiger partial charge is 0.315 e. The lowest BCUT2D eigenvalue weighted by atomic mass is 10.1. The van der Waals surface area contributed by atoms with Crippen LogP contribution >= 0.6 is 15.9 Å². The Morgan fingerprint density at radius 2 is 1.92 bits per heavy atom. The van der Waals surface area contributed by atoms with Crippen molar-refractivity contribution in [1.29, 1.82) is 0 Å². The van der Waals surface area contributed by atoms with Gasteiger partial charge in [-0.1, -0.05) is 30.3 Å². The van der Waals surface area contributed by atoms with Crippen LogP contribution in [0.3, 0.4) is 0 Å². The van der Waals surface area contributed by atoms with Gasteiger partial charge < -0.3 is 9.72 Å². The minimum Gasteiger partial charge on any atom is -0.315 e. The van der Waals surface area contributed by atoms with Crippen LogP contribution in [-0.2, 0) is 6.54 Å². The molecule has 1 fully saturated rings. The summed E-state index contributed by atoms with van der Waals surface area (Å²) in [6, 6.07) is 14.6. The Kier molecular flexibility index (Phi) is 4.65. The number of fused-ring (bicyclic) bond motifs is 1. The number of halogens is 1. The first kappa shape index (κ1) is 15.8. The zero-order valence-corrected chi connectivity index (χ0v) is 15.2. The third-order valence-corrected chi connectivity index (χ3v) is 5.00. The van der Waals surface area contributed by atoms with Crippen LogP contribution in [0.1, 0.15) is 12.1 Å². The van der Waals surface area contributed by atoms with Gasteiger partial charge in [-0.3, -0.25) is 4.90 Å². The monoisotopic (exact) mass is 384 g/mol. The summed E-state index contributed by atoms with van der Waals surface area (Å²) in [7, 11) is 0. The van der Waals surface area contributed by atoms with Gasteiger partial charge in [-0.2, -0.15) is 0 Å². The lowest BCUT2D eigenvalue weighted by Crippen LogP contribution is -2.28. The summed E-state index contributed by atoms with van der Waals surface area (Å²) in [5.41, 5.74) is 4.53. The third-order valence-electron chi connectivity index (χ3n) is 4.53. The molecule has 0 bridgehead atoms. The highest BCUT2D eigenvalue weighted by molar-refractivity contribution is 9.10. The molecule has 0 amide bonds. The number of pyridine rings is 1. The highest BCUT2D eigenvalue weighted by atomic mass is 79.9. The summed E-state index contributed by atoms with van der Waals surface area (Å²) < 4.78 is 3.30. The quantitative estimate of drug-likeness (QED) is 0.749. The molecule has 0 spiro atoms. The molecule has 1 saturated heterocycles. The molecule has 0 saturated carbocycles. The molecule has 4 nitrogen and oxygen atoms in total. The number of rotatable bonds is 3. The van der Waals surface area contributed by atoms with Crippen molar-refractivity contribution in [2.75, 3.05) is 26.2 Å². The summed E-state index contributed by atoms with van der Waals surface area (Å²) in [5, 5.41) is 3.48. The maximum absolute atomic E-state index is 4.91. The zero-order valence-electron chi connectivity index (χ0n) is 13.6. The van der Waals surface area contributed by atoms with Crippen LogP contribution in [-0.4, -0.2) is 40.5 Å². The molecule has 124 valence electrons. The Labute approximate surface area is 150 Å². The van der Waals surface area contributed by atoms with Crippen molar-refractivity contribution in [2.45, 2.75) is 13.0 Å². The number of hydrogen-bond acceptors (Lipinski definition) is 3. The Balaban J connectivity index is 1.79. The first-order chi connectivity index (χ1) is 11.8. The Morgan fingerprint density at radius 1 is 1.04 bits per heavy atom. The smallest absolute Gasteiger partial charge is 0.137 e. The van der Waals surface area contributed by atoms with Gasteiger partial charge in [0.1, 0.15) is 5.65 Å². The van der Waals surface area contributed by atoms with E-state index in [0.717, 1.165) is 48.5 Å². The van der Waals surface area contributed by atoms with E-state index in [2.05, 4.69) is 79.2 Å². The number of nitrogens with one attached hydrogen (secondary N) is 1. The highest BCUT2D eigenvalue weighted by Crippen LogP contribution is 2.27. The molecule has 3 heterocycles. The minimum absolute atomic E-state index is 0.920. The van der Waals surface area contributed by atoms with Crippen LogP contribution in [0.15, 0.2) is 53.1 Å². The van der Waals surface area contributed by atoms with Crippen molar-refractivity contribution < 1.29 is 0 Å². The van der Waals surface area contributed by atoms with Crippen LogP contribution in [0, 0.1) is 0 Å². The van der Waals surface area contributed by atoms with Crippen LogP contribution in [0.4, 0.5) is 0 Å². The normalized spacial score (nSPS) is 16.4. The standard InChI is InChI=1S/C19H21BrN4/c20-16-7-8-18-22-19(15-5-2-1-3-6-15)17(24(18)13-16)14-23-11-4-9-21-10-12-23/h1-3,5-8,13,21H,4,9-12,14H2. The van der Waals surface area contributed by atoms with E-state index in [1.807, 2.05) is 0 Å². The zero-order chi connectivity index (χ0) is 16.4. The van der Waals surface area contributed by atoms with Crippen molar-refractivity contribution in [2.24, 2.45) is 0 Å². The van der Waals surface area contributed by atoms with Crippen molar-refractivity contribution >= 4 is 21.6 Å². The molecular formula is C19H21BrN4. The summed E-state index contributed by atoms with van der Waals surface area (Å²) >= 11 is 3.60. The second-order valence-corrected chi connectivity index (χ2v) is 7.14. The van der Waals surface area contributed by atoms with Crippen molar-refractivity contribution in [3.05, 3.63) is 58.8 Å². The molecule has 4 rings (SSSR count). The van der Waals surface area contributed by atoms with Gasteiger partial charge in [0.05, 0.1) is 11.4 Å². The van der Waals surface area contributed by atoms with Gasteiger partial charge in [0.25, 0.3) is 0 Å². The average molecular weight is 385 g/mol. The van der Waals surface area contributed by atoms with Crippen molar-refractivity contribution in [1.82, 2.24) is 19.6 Å². The molecule has 2 aromatic heterocycles. The molecule has 24 heavy (non-hydrogen) atoms. The van der Waals surface area contributed by atoms with E-state index >= 15 is 0 Å². The van der Waals surface area contributed by atoms with Gasteiger partial charge in [0, 0.05) is 35.9 Å². The first-order valence-electron chi connectivity index (χ1n) is 8.46. The molecule has 0 radical (unpaired) electrons. The van der Waals surface area contributed by atoms with Crippen LogP contribution in [0.25, 0.3) is 16.9 Å². The van der Waals surface area contributed by atoms with E-state index in [1.54, 1.807) is 0 Å². The maximum atomic E-state index is 4.91. The SMILES string of the molecule is Brc1ccc2nc(-c3ccccc3)c(CN3CCCNCC3)n2c1. The predicted octanol–water partition coefficient (Wildman–Crippen LogP) is 3.56. The summed E-state index contributed by atoms with van der Waals surface area (Å²) in [6.07, 6.45) is 3.32. The minimum atomic E-state index is 0.920. The third kappa shape index (κ3) is 3.24. The molecule has 0 unspecified atom stereocenters. The van der Waals surface area contributed by atoms with E-state index < -0.39 is 0 Å². The number of nitrogens with zero attached hydrogens (tertiary/aromatic N) is 3. The van der Waals surface area contributed by atoms with Gasteiger partial charge in [-0.15, -0.1) is 0 Å². The second-order valence-electron chi connectivity index (χ2n) is 6.23. The average Bonchev–Trinajstić information content (AvgIpc) is 2.78. The second kappa shape index (κ2) is 7.05. The van der Waals surface area contributed by atoms with E-state index in [1.165, 1.54) is 17.7 Å². The Bertz CT molecular complexity index is 820. The summed E-state index contributed by atoms with van der Waals surface area (Å²) in [4.78, 5) is 7.44. The first-order valence-corrected chi connectivity index (χ1v) is 9.25. The maximum Gasteiger partial charge on any atom is 0.137 e. The fourth-order valence-electron chi connectivity index (χ4n) is 3.32. The number of benzene rings is 1. The van der Waals surface area contributed by atoms with Crippen molar-refractivity contribution in [3.63, 3.8) is 0 Å². The molecule has 1 aliphatic rings. The van der Waals surface area contributed by atoms with E-state index in [9.17, 15) is 0 Å². The van der Waals surface area contributed by atoms with Gasteiger partial charge in [0.2, 0.25) is 0 Å².